The number of pyridine rings is 1. The first kappa shape index (κ1) is 14.7. The molecule has 1 saturated heterocycles. The molecule has 22 heavy (non-hydrogen) atoms. The highest BCUT2D eigenvalue weighted by atomic mass is 35.5. The number of hydrogen-bond acceptors (Lipinski definition) is 4. The molecule has 0 atom stereocenters. The summed E-state index contributed by atoms with van der Waals surface area (Å²) in [4.78, 5) is 6.76. The van der Waals surface area contributed by atoms with Crippen LogP contribution in [-0.4, -0.2) is 18.1 Å². The van der Waals surface area contributed by atoms with Crippen LogP contribution in [0.2, 0.25) is 5.02 Å². The molecule has 0 spiro atoms. The normalized spacial score (nSPS) is 13.9. The number of nitriles is 1. The second kappa shape index (κ2) is 6.67. The number of nitrogens with one attached hydrogen (secondary N) is 1. The Balaban J connectivity index is 1.71. The lowest BCUT2D eigenvalue weighted by Gasteiger charge is -2.17. The molecule has 1 aliphatic heterocycles. The van der Waals surface area contributed by atoms with E-state index in [0.29, 0.717) is 17.1 Å². The van der Waals surface area contributed by atoms with Crippen molar-refractivity contribution >= 4 is 23.1 Å². The van der Waals surface area contributed by atoms with Crippen molar-refractivity contribution in [2.45, 2.75) is 19.4 Å². The second-order valence-corrected chi connectivity index (χ2v) is 5.81. The van der Waals surface area contributed by atoms with Crippen molar-refractivity contribution in [1.29, 1.82) is 5.26 Å². The minimum Gasteiger partial charge on any atom is -0.380 e. The van der Waals surface area contributed by atoms with Gasteiger partial charge in [0.2, 0.25) is 0 Å². The molecule has 0 saturated carbocycles. The Bertz CT molecular complexity index is 702. The molecule has 0 amide bonds. The Morgan fingerprint density at radius 3 is 2.82 bits per heavy atom. The number of nitrogens with zero attached hydrogens (tertiary/aromatic N) is 3. The highest BCUT2D eigenvalue weighted by Gasteiger charge is 2.13. The van der Waals surface area contributed by atoms with Crippen LogP contribution in [0.25, 0.3) is 0 Å². The summed E-state index contributed by atoms with van der Waals surface area (Å²) in [6.07, 6.45) is 4.32. The molecule has 0 radical (unpaired) electrons. The number of aromatic nitrogens is 1. The number of benzene rings is 1. The SMILES string of the molecule is N#Cc1cc(Cl)ccc1NCc1ccnc(N2CCCC2)c1. The van der Waals surface area contributed by atoms with Gasteiger partial charge in [-0.25, -0.2) is 4.98 Å². The zero-order valence-electron chi connectivity index (χ0n) is 12.2. The number of anilines is 2. The largest absolute Gasteiger partial charge is 0.380 e. The molecule has 0 unspecified atom stereocenters. The van der Waals surface area contributed by atoms with Crippen LogP contribution in [0.1, 0.15) is 24.0 Å². The van der Waals surface area contributed by atoms with E-state index in [9.17, 15) is 0 Å². The molecule has 0 aliphatic carbocycles. The number of halogens is 1. The molecule has 0 bridgehead atoms. The van der Waals surface area contributed by atoms with Gasteiger partial charge in [0.05, 0.1) is 11.3 Å². The quantitative estimate of drug-likeness (QED) is 0.932. The van der Waals surface area contributed by atoms with Crippen LogP contribution < -0.4 is 10.2 Å². The van der Waals surface area contributed by atoms with Gasteiger partial charge in [-0.05, 0) is 48.7 Å². The fourth-order valence-corrected chi connectivity index (χ4v) is 2.82. The van der Waals surface area contributed by atoms with Gasteiger partial charge >= 0.3 is 0 Å². The van der Waals surface area contributed by atoms with E-state index in [1.807, 2.05) is 18.3 Å². The molecular weight excluding hydrogens is 296 g/mol. The summed E-state index contributed by atoms with van der Waals surface area (Å²) in [6, 6.07) is 11.6. The second-order valence-electron chi connectivity index (χ2n) is 5.37. The van der Waals surface area contributed by atoms with Crippen LogP contribution >= 0.6 is 11.6 Å². The lowest BCUT2D eigenvalue weighted by atomic mass is 10.2. The Morgan fingerprint density at radius 1 is 1.23 bits per heavy atom. The van der Waals surface area contributed by atoms with E-state index >= 15 is 0 Å². The third-order valence-electron chi connectivity index (χ3n) is 3.83. The van der Waals surface area contributed by atoms with Crippen LogP contribution in [0.4, 0.5) is 11.5 Å². The highest BCUT2D eigenvalue weighted by Crippen LogP contribution is 2.22. The van der Waals surface area contributed by atoms with Crippen LogP contribution in [-0.2, 0) is 6.54 Å². The lowest BCUT2D eigenvalue weighted by molar-refractivity contribution is 0.931. The van der Waals surface area contributed by atoms with E-state index in [4.69, 9.17) is 16.9 Å². The molecule has 1 aromatic carbocycles. The van der Waals surface area contributed by atoms with Crippen molar-refractivity contribution in [3.8, 4) is 6.07 Å². The lowest BCUT2D eigenvalue weighted by Crippen LogP contribution is -2.19. The van der Waals surface area contributed by atoms with E-state index in [1.165, 1.54) is 12.8 Å². The van der Waals surface area contributed by atoms with E-state index in [1.54, 1.807) is 12.1 Å². The van der Waals surface area contributed by atoms with Crippen LogP contribution in [0.15, 0.2) is 36.5 Å². The Kier molecular flexibility index (Phi) is 4.45. The fourth-order valence-electron chi connectivity index (χ4n) is 2.65. The average molecular weight is 313 g/mol. The molecule has 3 rings (SSSR count). The zero-order chi connectivity index (χ0) is 15.4. The minimum atomic E-state index is 0.557. The van der Waals surface area contributed by atoms with Crippen molar-refractivity contribution in [2.24, 2.45) is 0 Å². The minimum absolute atomic E-state index is 0.557. The summed E-state index contributed by atoms with van der Waals surface area (Å²) < 4.78 is 0. The molecule has 112 valence electrons. The van der Waals surface area contributed by atoms with E-state index in [-0.39, 0.29) is 0 Å². The van der Waals surface area contributed by atoms with Crippen molar-refractivity contribution in [3.63, 3.8) is 0 Å². The average Bonchev–Trinajstić information content (AvgIpc) is 3.08. The maximum Gasteiger partial charge on any atom is 0.128 e. The van der Waals surface area contributed by atoms with Crippen molar-refractivity contribution in [1.82, 2.24) is 4.98 Å². The third-order valence-corrected chi connectivity index (χ3v) is 4.06. The van der Waals surface area contributed by atoms with Crippen LogP contribution in [0, 0.1) is 11.3 Å². The standard InChI is InChI=1S/C17H17ClN4/c18-15-3-4-16(14(10-15)11-19)21-12-13-5-6-20-17(9-13)22-7-1-2-8-22/h3-6,9-10,21H,1-2,7-8,12H2. The molecule has 5 heteroatoms. The van der Waals surface area contributed by atoms with Gasteiger partial charge in [0, 0.05) is 30.9 Å². The monoisotopic (exact) mass is 312 g/mol. The predicted octanol–water partition coefficient (Wildman–Crippen LogP) is 3.82. The van der Waals surface area contributed by atoms with Gasteiger partial charge in [0.25, 0.3) is 0 Å². The Morgan fingerprint density at radius 2 is 2.05 bits per heavy atom. The van der Waals surface area contributed by atoms with Crippen molar-refractivity contribution < 1.29 is 0 Å². The van der Waals surface area contributed by atoms with Gasteiger partial charge in [0.1, 0.15) is 11.9 Å². The Labute approximate surface area is 135 Å². The summed E-state index contributed by atoms with van der Waals surface area (Å²) in [7, 11) is 0. The molecular formula is C17H17ClN4. The topological polar surface area (TPSA) is 52.0 Å². The third kappa shape index (κ3) is 3.32. The summed E-state index contributed by atoms with van der Waals surface area (Å²) in [5.41, 5.74) is 2.50. The number of hydrogen-bond donors (Lipinski definition) is 1. The first-order chi connectivity index (χ1) is 10.8. The number of rotatable bonds is 4. The zero-order valence-corrected chi connectivity index (χ0v) is 13.0. The highest BCUT2D eigenvalue weighted by molar-refractivity contribution is 6.30. The molecule has 4 nitrogen and oxygen atoms in total. The molecule has 1 N–H and O–H groups in total. The van der Waals surface area contributed by atoms with Gasteiger partial charge in [-0.1, -0.05) is 11.6 Å². The summed E-state index contributed by atoms with van der Waals surface area (Å²) in [5.74, 6) is 1.04. The van der Waals surface area contributed by atoms with Crippen molar-refractivity contribution in [3.05, 3.63) is 52.7 Å². The molecule has 1 aromatic heterocycles. The van der Waals surface area contributed by atoms with Crippen LogP contribution in [0.3, 0.4) is 0 Å². The van der Waals surface area contributed by atoms with Gasteiger partial charge in [0.15, 0.2) is 0 Å². The summed E-state index contributed by atoms with van der Waals surface area (Å²) in [6.45, 7) is 2.82. The first-order valence-electron chi connectivity index (χ1n) is 7.39. The summed E-state index contributed by atoms with van der Waals surface area (Å²) in [5, 5.41) is 13.0. The fraction of sp³-hybridized carbons (Fsp3) is 0.294. The van der Waals surface area contributed by atoms with Crippen molar-refractivity contribution in [2.75, 3.05) is 23.3 Å². The van der Waals surface area contributed by atoms with Gasteiger partial charge in [-0.2, -0.15) is 5.26 Å². The molecule has 1 aliphatic rings. The maximum atomic E-state index is 9.16. The van der Waals surface area contributed by atoms with Gasteiger partial charge in [-0.3, -0.25) is 0 Å². The van der Waals surface area contributed by atoms with E-state index in [2.05, 4.69) is 27.3 Å². The molecule has 1 fully saturated rings. The molecule has 2 aromatic rings. The van der Waals surface area contributed by atoms with Gasteiger partial charge < -0.3 is 10.2 Å². The van der Waals surface area contributed by atoms with E-state index in [0.717, 1.165) is 30.2 Å². The molecule has 2 heterocycles. The van der Waals surface area contributed by atoms with Crippen LogP contribution in [0.5, 0.6) is 0 Å². The predicted molar refractivity (Wildman–Crippen MR) is 89.2 cm³/mol. The maximum absolute atomic E-state index is 9.16. The van der Waals surface area contributed by atoms with Gasteiger partial charge in [-0.15, -0.1) is 0 Å². The smallest absolute Gasteiger partial charge is 0.128 e. The first-order valence-corrected chi connectivity index (χ1v) is 7.77. The van der Waals surface area contributed by atoms with E-state index < -0.39 is 0 Å². The Hall–Kier alpha value is -2.25. The summed E-state index contributed by atoms with van der Waals surface area (Å²) >= 11 is 5.91.